The Labute approximate surface area is 141 Å². The van der Waals surface area contributed by atoms with Crippen molar-refractivity contribution < 1.29 is 14.4 Å². The zero-order valence-electron chi connectivity index (χ0n) is 14.0. The molecular formula is C18H23N3O3. The number of imide groups is 1. The quantitative estimate of drug-likeness (QED) is 0.886. The first-order chi connectivity index (χ1) is 11.6. The van der Waals surface area contributed by atoms with Gasteiger partial charge in [-0.25, -0.2) is 4.79 Å². The van der Waals surface area contributed by atoms with E-state index in [1.807, 2.05) is 24.0 Å². The van der Waals surface area contributed by atoms with E-state index in [-0.39, 0.29) is 30.8 Å². The van der Waals surface area contributed by atoms with E-state index >= 15 is 0 Å². The second-order valence-corrected chi connectivity index (χ2v) is 6.38. The van der Waals surface area contributed by atoms with Crippen LogP contribution < -0.4 is 5.32 Å². The van der Waals surface area contributed by atoms with Crippen LogP contribution in [0.15, 0.2) is 24.3 Å². The van der Waals surface area contributed by atoms with Gasteiger partial charge in [0, 0.05) is 25.6 Å². The predicted molar refractivity (Wildman–Crippen MR) is 89.4 cm³/mol. The van der Waals surface area contributed by atoms with Crippen molar-refractivity contribution in [3.63, 3.8) is 0 Å². The lowest BCUT2D eigenvalue weighted by Crippen LogP contribution is -2.55. The summed E-state index contributed by atoms with van der Waals surface area (Å²) in [6.45, 7) is 2.85. The summed E-state index contributed by atoms with van der Waals surface area (Å²) in [5.74, 6) is -0.432. The molecule has 0 radical (unpaired) electrons. The van der Waals surface area contributed by atoms with E-state index in [2.05, 4.69) is 17.4 Å². The van der Waals surface area contributed by atoms with E-state index < -0.39 is 6.03 Å². The first-order valence-electron chi connectivity index (χ1n) is 8.54. The number of benzene rings is 1. The second-order valence-electron chi connectivity index (χ2n) is 6.38. The van der Waals surface area contributed by atoms with Crippen molar-refractivity contribution in [3.8, 4) is 0 Å². The highest BCUT2D eigenvalue weighted by molar-refractivity contribution is 6.00. The molecule has 1 N–H and O–H groups in total. The van der Waals surface area contributed by atoms with Crippen LogP contribution in [0.2, 0.25) is 0 Å². The molecule has 1 heterocycles. The van der Waals surface area contributed by atoms with E-state index in [1.54, 1.807) is 0 Å². The van der Waals surface area contributed by atoms with Crippen LogP contribution in [0.5, 0.6) is 0 Å². The van der Waals surface area contributed by atoms with Crippen molar-refractivity contribution in [2.24, 2.45) is 0 Å². The Morgan fingerprint density at radius 1 is 1.25 bits per heavy atom. The van der Waals surface area contributed by atoms with E-state index in [0.29, 0.717) is 13.1 Å². The van der Waals surface area contributed by atoms with Crippen LogP contribution in [0.25, 0.3) is 0 Å². The van der Waals surface area contributed by atoms with E-state index in [0.717, 1.165) is 24.2 Å². The normalized spacial score (nSPS) is 17.6. The summed E-state index contributed by atoms with van der Waals surface area (Å²) in [7, 11) is 0. The molecule has 1 aliphatic heterocycles. The van der Waals surface area contributed by atoms with Gasteiger partial charge in [-0.15, -0.1) is 0 Å². The van der Waals surface area contributed by atoms with E-state index in [9.17, 15) is 14.4 Å². The van der Waals surface area contributed by atoms with Crippen LogP contribution in [0.4, 0.5) is 4.79 Å². The molecule has 0 aromatic heterocycles. The lowest BCUT2D eigenvalue weighted by Gasteiger charge is -2.32. The predicted octanol–water partition coefficient (Wildman–Crippen LogP) is 1.33. The minimum atomic E-state index is -0.467. The maximum absolute atomic E-state index is 12.8. The first kappa shape index (κ1) is 16.5. The van der Waals surface area contributed by atoms with Gasteiger partial charge < -0.3 is 10.2 Å². The summed E-state index contributed by atoms with van der Waals surface area (Å²) < 4.78 is 0. The molecule has 0 spiro atoms. The van der Waals surface area contributed by atoms with Crippen LogP contribution in [-0.2, 0) is 22.4 Å². The van der Waals surface area contributed by atoms with Gasteiger partial charge in [-0.05, 0) is 30.4 Å². The van der Waals surface area contributed by atoms with Gasteiger partial charge in [0.1, 0.15) is 6.54 Å². The zero-order chi connectivity index (χ0) is 17.1. The van der Waals surface area contributed by atoms with Crippen molar-refractivity contribution in [1.29, 1.82) is 0 Å². The van der Waals surface area contributed by atoms with Crippen molar-refractivity contribution in [2.75, 3.05) is 19.6 Å². The average molecular weight is 329 g/mol. The Bertz CT molecular complexity index is 618. The number of nitrogens with one attached hydrogen (secondary N) is 1. The molecule has 0 saturated carbocycles. The number of rotatable bonds is 5. The molecule has 6 nitrogen and oxygen atoms in total. The lowest BCUT2D eigenvalue weighted by atomic mass is 10.1. The number of carbonyl (C=O) groups is 3. The van der Waals surface area contributed by atoms with Crippen molar-refractivity contribution >= 4 is 17.8 Å². The first-order valence-corrected chi connectivity index (χ1v) is 8.54. The Hall–Kier alpha value is -2.37. The molecule has 1 fully saturated rings. The van der Waals surface area contributed by atoms with Gasteiger partial charge in [0.2, 0.25) is 11.8 Å². The molecule has 0 bridgehead atoms. The molecule has 24 heavy (non-hydrogen) atoms. The number of carbonyl (C=O) groups excluding carboxylic acids is 3. The van der Waals surface area contributed by atoms with Gasteiger partial charge in [-0.3, -0.25) is 14.5 Å². The number of urea groups is 1. The Morgan fingerprint density at radius 3 is 2.50 bits per heavy atom. The van der Waals surface area contributed by atoms with Gasteiger partial charge in [0.15, 0.2) is 0 Å². The minimum absolute atomic E-state index is 0.109. The molecule has 3 rings (SSSR count). The molecule has 2 aliphatic rings. The number of hydrogen-bond acceptors (Lipinski definition) is 3. The van der Waals surface area contributed by atoms with Crippen molar-refractivity contribution in [2.45, 2.75) is 38.6 Å². The summed E-state index contributed by atoms with van der Waals surface area (Å²) in [5, 5.41) is 2.62. The standard InChI is InChI=1S/C18H23N3O3/c1-2-9-20(15-10-13-5-3-4-6-14(13)11-15)17(23)12-21-16(22)7-8-19-18(21)24/h3-6,15H,2,7-12H2,1H3,(H,19,24). The molecule has 4 amide bonds. The van der Waals surface area contributed by atoms with Gasteiger partial charge in [0.25, 0.3) is 0 Å². The molecule has 1 saturated heterocycles. The van der Waals surface area contributed by atoms with E-state index in [4.69, 9.17) is 0 Å². The third-order valence-electron chi connectivity index (χ3n) is 4.71. The minimum Gasteiger partial charge on any atom is -0.338 e. The summed E-state index contributed by atoms with van der Waals surface area (Å²) in [6.07, 6.45) is 2.77. The summed E-state index contributed by atoms with van der Waals surface area (Å²) >= 11 is 0. The van der Waals surface area contributed by atoms with Crippen LogP contribution in [-0.4, -0.2) is 53.3 Å². The topological polar surface area (TPSA) is 69.7 Å². The fourth-order valence-electron chi connectivity index (χ4n) is 3.51. The van der Waals surface area contributed by atoms with Crippen molar-refractivity contribution in [3.05, 3.63) is 35.4 Å². The van der Waals surface area contributed by atoms with Crippen LogP contribution in [0.3, 0.4) is 0 Å². The third-order valence-corrected chi connectivity index (χ3v) is 4.71. The van der Waals surface area contributed by atoms with Gasteiger partial charge in [0.05, 0.1) is 0 Å². The smallest absolute Gasteiger partial charge is 0.324 e. The van der Waals surface area contributed by atoms with E-state index in [1.165, 1.54) is 11.1 Å². The molecule has 1 aromatic carbocycles. The maximum Gasteiger partial charge on any atom is 0.324 e. The molecule has 0 atom stereocenters. The second kappa shape index (κ2) is 7.03. The lowest BCUT2D eigenvalue weighted by molar-refractivity contribution is -0.140. The SMILES string of the molecule is CCCN(C(=O)CN1C(=O)CCNC1=O)C1Cc2ccccc2C1. The Kier molecular flexibility index (Phi) is 4.83. The number of fused-ring (bicyclic) bond motifs is 1. The van der Waals surface area contributed by atoms with Gasteiger partial charge in [-0.2, -0.15) is 0 Å². The highest BCUT2D eigenvalue weighted by Crippen LogP contribution is 2.25. The average Bonchev–Trinajstić information content (AvgIpc) is 2.99. The molecule has 1 aromatic rings. The highest BCUT2D eigenvalue weighted by atomic mass is 16.2. The fraction of sp³-hybridized carbons (Fsp3) is 0.500. The summed E-state index contributed by atoms with van der Waals surface area (Å²) in [5.41, 5.74) is 2.56. The number of hydrogen-bond donors (Lipinski definition) is 1. The number of nitrogens with zero attached hydrogens (tertiary/aromatic N) is 2. The summed E-state index contributed by atoms with van der Waals surface area (Å²) in [6, 6.07) is 7.88. The molecule has 6 heteroatoms. The Morgan fingerprint density at radius 2 is 1.92 bits per heavy atom. The monoisotopic (exact) mass is 329 g/mol. The molecular weight excluding hydrogens is 306 g/mol. The Balaban J connectivity index is 1.70. The third kappa shape index (κ3) is 3.27. The van der Waals surface area contributed by atoms with Crippen LogP contribution in [0, 0.1) is 0 Å². The fourth-order valence-corrected chi connectivity index (χ4v) is 3.51. The maximum atomic E-state index is 12.8. The van der Waals surface area contributed by atoms with Crippen LogP contribution in [0.1, 0.15) is 30.9 Å². The van der Waals surface area contributed by atoms with Crippen LogP contribution >= 0.6 is 0 Å². The molecule has 1 aliphatic carbocycles. The molecule has 0 unspecified atom stereocenters. The number of amides is 4. The largest absolute Gasteiger partial charge is 0.338 e. The zero-order valence-corrected chi connectivity index (χ0v) is 14.0. The molecule has 128 valence electrons. The highest BCUT2D eigenvalue weighted by Gasteiger charge is 2.33. The van der Waals surface area contributed by atoms with Gasteiger partial charge >= 0.3 is 6.03 Å². The van der Waals surface area contributed by atoms with Gasteiger partial charge in [-0.1, -0.05) is 31.2 Å². The van der Waals surface area contributed by atoms with Crippen molar-refractivity contribution in [1.82, 2.24) is 15.1 Å². The summed E-state index contributed by atoms with van der Waals surface area (Å²) in [4.78, 5) is 39.4.